The highest BCUT2D eigenvalue weighted by atomic mass is 32.2. The summed E-state index contributed by atoms with van der Waals surface area (Å²) in [5.74, 6) is -0.242. The molecule has 0 aromatic heterocycles. The van der Waals surface area contributed by atoms with Gasteiger partial charge in [0.25, 0.3) is 15.9 Å². The number of carbonyl (C=O) groups is 1. The van der Waals surface area contributed by atoms with Crippen LogP contribution in [0.5, 0.6) is 5.75 Å². The van der Waals surface area contributed by atoms with Crippen molar-refractivity contribution in [3.8, 4) is 5.75 Å². The highest BCUT2D eigenvalue weighted by Gasteiger charge is 2.22. The summed E-state index contributed by atoms with van der Waals surface area (Å²) in [5, 5.41) is 12.5. The number of unbranched alkanes of at least 4 members (excludes halogenated alkanes) is 30. The fourth-order valence-corrected chi connectivity index (χ4v) is 9.69. The van der Waals surface area contributed by atoms with Crippen LogP contribution in [0.1, 0.15) is 230 Å². The van der Waals surface area contributed by atoms with Crippen molar-refractivity contribution >= 4 is 32.4 Å². The molecule has 6 nitrogen and oxygen atoms in total. The second kappa shape index (κ2) is 32.6. The summed E-state index contributed by atoms with van der Waals surface area (Å²) in [6, 6.07) is 16.8. The number of nitrogens with one attached hydrogen (secondary N) is 1. The van der Waals surface area contributed by atoms with Gasteiger partial charge < -0.3 is 10.0 Å². The molecule has 1 amide bonds. The zero-order valence-corrected chi connectivity index (χ0v) is 39.2. The Bertz CT molecular complexity index is 1610. The number of nitrogens with zero attached hydrogens (tertiary/aromatic N) is 1. The zero-order chi connectivity index (χ0) is 42.9. The molecule has 0 saturated carbocycles. The molecule has 0 bridgehead atoms. The molecule has 0 radical (unpaired) electrons. The maximum absolute atomic E-state index is 14.1. The van der Waals surface area contributed by atoms with Gasteiger partial charge in [-0.1, -0.05) is 243 Å². The van der Waals surface area contributed by atoms with Crippen molar-refractivity contribution in [1.29, 1.82) is 0 Å². The molecule has 7 heteroatoms. The van der Waals surface area contributed by atoms with E-state index in [0.29, 0.717) is 29.5 Å². The smallest absolute Gasteiger partial charge is 0.261 e. The fourth-order valence-electron chi connectivity index (χ4n) is 8.59. The summed E-state index contributed by atoms with van der Waals surface area (Å²) >= 11 is 0. The van der Waals surface area contributed by atoms with Gasteiger partial charge in [0.15, 0.2) is 0 Å². The molecule has 0 aliphatic heterocycles. The number of rotatable bonds is 38. The molecule has 3 rings (SSSR count). The molecule has 60 heavy (non-hydrogen) atoms. The van der Waals surface area contributed by atoms with Gasteiger partial charge in [-0.05, 0) is 37.1 Å². The van der Waals surface area contributed by atoms with E-state index in [2.05, 4.69) is 18.6 Å². The summed E-state index contributed by atoms with van der Waals surface area (Å²) in [7, 11) is -3.82. The lowest BCUT2D eigenvalue weighted by Crippen LogP contribution is -2.33. The number of carbonyl (C=O) groups excluding carboxylic acids is 1. The Balaban J connectivity index is 1.46. The van der Waals surface area contributed by atoms with E-state index < -0.39 is 10.0 Å². The molecular formula is C53H86N2O4S. The lowest BCUT2D eigenvalue weighted by molar-refractivity contribution is 0.0746. The van der Waals surface area contributed by atoms with E-state index in [0.717, 1.165) is 25.7 Å². The Hall–Kier alpha value is -3.06. The SMILES string of the molecule is CCCCCCCCCCCCCCCCCCN(CCCCCCCCCCCCCCCCCC)C(=O)c1ccc2c(NS(=O)(=O)c3ccccc3)cccc2c1O. The molecule has 0 spiro atoms. The Kier molecular flexibility index (Phi) is 27.9. The van der Waals surface area contributed by atoms with Crippen LogP contribution in [0.4, 0.5) is 5.69 Å². The normalized spacial score (nSPS) is 11.7. The van der Waals surface area contributed by atoms with Crippen LogP contribution in [0.25, 0.3) is 10.8 Å². The van der Waals surface area contributed by atoms with Gasteiger partial charge in [0, 0.05) is 23.9 Å². The highest BCUT2D eigenvalue weighted by molar-refractivity contribution is 7.92. The predicted molar refractivity (Wildman–Crippen MR) is 258 cm³/mol. The van der Waals surface area contributed by atoms with Gasteiger partial charge in [0.2, 0.25) is 0 Å². The molecule has 3 aromatic carbocycles. The first-order valence-electron chi connectivity index (χ1n) is 25.0. The number of fused-ring (bicyclic) bond motifs is 1. The van der Waals surface area contributed by atoms with E-state index in [4.69, 9.17) is 0 Å². The number of phenols is 1. The molecule has 0 fully saturated rings. The molecule has 338 valence electrons. The van der Waals surface area contributed by atoms with Crippen molar-refractivity contribution in [2.75, 3.05) is 17.8 Å². The van der Waals surface area contributed by atoms with Crippen LogP contribution in [0, 0.1) is 0 Å². The monoisotopic (exact) mass is 847 g/mol. The first kappa shape index (κ1) is 51.3. The van der Waals surface area contributed by atoms with Crippen molar-refractivity contribution in [2.45, 2.75) is 224 Å². The van der Waals surface area contributed by atoms with E-state index in [1.807, 2.05) is 4.90 Å². The zero-order valence-electron chi connectivity index (χ0n) is 38.3. The summed E-state index contributed by atoms with van der Waals surface area (Å²) in [5.41, 5.74) is 0.641. The molecule has 0 aliphatic rings. The van der Waals surface area contributed by atoms with E-state index in [1.165, 1.54) is 180 Å². The van der Waals surface area contributed by atoms with Gasteiger partial charge in [-0.3, -0.25) is 9.52 Å². The molecule has 0 unspecified atom stereocenters. The molecule has 0 atom stereocenters. The van der Waals surface area contributed by atoms with Crippen LogP contribution in [0.15, 0.2) is 65.6 Å². The van der Waals surface area contributed by atoms with Gasteiger partial charge in [0.05, 0.1) is 16.1 Å². The van der Waals surface area contributed by atoms with Crippen LogP contribution in [-0.2, 0) is 10.0 Å². The number of hydrogen-bond donors (Lipinski definition) is 2. The summed E-state index contributed by atoms with van der Waals surface area (Å²) in [6.45, 7) is 5.93. The van der Waals surface area contributed by atoms with E-state index in [-0.39, 0.29) is 22.1 Å². The van der Waals surface area contributed by atoms with Crippen LogP contribution < -0.4 is 4.72 Å². The van der Waals surface area contributed by atoms with Crippen LogP contribution in [0.3, 0.4) is 0 Å². The third kappa shape index (κ3) is 21.1. The Morgan fingerprint density at radius 2 is 0.850 bits per heavy atom. The molecule has 0 saturated heterocycles. The summed E-state index contributed by atoms with van der Waals surface area (Å²) in [6.07, 6.45) is 42.0. The van der Waals surface area contributed by atoms with Gasteiger partial charge >= 0.3 is 0 Å². The maximum atomic E-state index is 14.1. The number of amides is 1. The number of sulfonamides is 1. The predicted octanol–water partition coefficient (Wildman–Crippen LogP) is 16.3. The Morgan fingerprint density at radius 3 is 1.25 bits per heavy atom. The minimum atomic E-state index is -3.82. The lowest BCUT2D eigenvalue weighted by atomic mass is 10.0. The first-order chi connectivity index (χ1) is 29.4. The van der Waals surface area contributed by atoms with Crippen molar-refractivity contribution in [3.63, 3.8) is 0 Å². The number of hydrogen-bond acceptors (Lipinski definition) is 4. The first-order valence-corrected chi connectivity index (χ1v) is 26.5. The molecular weight excluding hydrogens is 761 g/mol. The van der Waals surface area contributed by atoms with Crippen molar-refractivity contribution in [3.05, 3.63) is 66.2 Å². The number of anilines is 1. The minimum absolute atomic E-state index is 0.0952. The summed E-state index contributed by atoms with van der Waals surface area (Å²) in [4.78, 5) is 16.3. The average molecular weight is 847 g/mol. The third-order valence-corrected chi connectivity index (χ3v) is 13.8. The van der Waals surface area contributed by atoms with Gasteiger partial charge in [-0.15, -0.1) is 0 Å². The van der Waals surface area contributed by atoms with E-state index in [9.17, 15) is 18.3 Å². The van der Waals surface area contributed by atoms with Crippen LogP contribution >= 0.6 is 0 Å². The number of aromatic hydroxyl groups is 1. The quantitative estimate of drug-likeness (QED) is 0.0563. The molecule has 2 N–H and O–H groups in total. The Morgan fingerprint density at radius 1 is 0.467 bits per heavy atom. The van der Waals surface area contributed by atoms with E-state index >= 15 is 0 Å². The molecule has 0 aliphatic carbocycles. The van der Waals surface area contributed by atoms with E-state index in [1.54, 1.807) is 60.7 Å². The van der Waals surface area contributed by atoms with Gasteiger partial charge in [-0.2, -0.15) is 0 Å². The average Bonchev–Trinajstić information content (AvgIpc) is 3.25. The van der Waals surface area contributed by atoms with Gasteiger partial charge in [-0.25, -0.2) is 8.42 Å². The van der Waals surface area contributed by atoms with Crippen molar-refractivity contribution in [2.24, 2.45) is 0 Å². The minimum Gasteiger partial charge on any atom is -0.506 e. The van der Waals surface area contributed by atoms with Crippen molar-refractivity contribution < 1.29 is 18.3 Å². The van der Waals surface area contributed by atoms with Crippen LogP contribution in [0.2, 0.25) is 0 Å². The summed E-state index contributed by atoms with van der Waals surface area (Å²) < 4.78 is 29.0. The molecule has 0 heterocycles. The second-order valence-electron chi connectivity index (χ2n) is 17.7. The van der Waals surface area contributed by atoms with Gasteiger partial charge in [0.1, 0.15) is 5.75 Å². The second-order valence-corrected chi connectivity index (χ2v) is 19.4. The largest absolute Gasteiger partial charge is 0.506 e. The molecule has 3 aromatic rings. The Labute approximate surface area is 368 Å². The standard InChI is InChI=1S/C53H86N2O4S/c1-3-5-7-9-11-13-15-17-19-21-23-25-27-29-31-36-45-55(46-37-32-30-28-26-24-22-20-18-16-14-12-10-8-6-4-2)53(57)50-44-43-48-49(52(50)56)41-38-42-51(48)54-60(58,59)47-39-34-33-35-40-47/h33-35,38-44,54,56H,3-32,36-37,45-46H2,1-2H3. The van der Waals surface area contributed by atoms with Crippen LogP contribution in [-0.4, -0.2) is 37.4 Å². The third-order valence-electron chi connectivity index (χ3n) is 12.4. The topological polar surface area (TPSA) is 86.7 Å². The highest BCUT2D eigenvalue weighted by Crippen LogP contribution is 2.35. The van der Waals surface area contributed by atoms with Crippen molar-refractivity contribution in [1.82, 2.24) is 4.90 Å². The number of benzene rings is 3. The fraction of sp³-hybridized carbons (Fsp3) is 0.679. The lowest BCUT2D eigenvalue weighted by Gasteiger charge is -2.24. The maximum Gasteiger partial charge on any atom is 0.261 e. The number of phenolic OH excluding ortho intramolecular Hbond substituents is 1.